The van der Waals surface area contributed by atoms with Gasteiger partial charge >= 0.3 is 0 Å². The number of hydrogen-bond donors (Lipinski definition) is 1. The molecule has 2 aromatic carbocycles. The topological polar surface area (TPSA) is 101 Å². The zero-order valence-corrected chi connectivity index (χ0v) is 19.5. The van der Waals surface area contributed by atoms with Gasteiger partial charge in [0.15, 0.2) is 5.78 Å². The van der Waals surface area contributed by atoms with E-state index in [1.807, 2.05) is 36.4 Å². The average Bonchev–Trinajstić information content (AvgIpc) is 3.16. The van der Waals surface area contributed by atoms with Crippen molar-refractivity contribution in [3.05, 3.63) is 71.6 Å². The van der Waals surface area contributed by atoms with Gasteiger partial charge in [-0.3, -0.25) is 4.79 Å². The van der Waals surface area contributed by atoms with Crippen molar-refractivity contribution in [3.63, 3.8) is 0 Å². The van der Waals surface area contributed by atoms with Crippen molar-refractivity contribution in [2.45, 2.75) is 12.1 Å². The van der Waals surface area contributed by atoms with Crippen molar-refractivity contribution in [3.8, 4) is 17.2 Å². The van der Waals surface area contributed by atoms with Gasteiger partial charge in [0.25, 0.3) is 0 Å². The number of allylic oxidation sites excluding steroid dienone is 2. The number of aromatic nitrogens is 3. The number of nitrogen functional groups attached to an aromatic ring is 1. The van der Waals surface area contributed by atoms with Crippen molar-refractivity contribution in [1.82, 2.24) is 14.9 Å². The quantitative estimate of drug-likeness (QED) is 0.197. The predicted octanol–water partition coefficient (Wildman–Crippen LogP) is 3.78. The monoisotopic (exact) mass is 466 g/mol. The van der Waals surface area contributed by atoms with Crippen LogP contribution in [-0.2, 0) is 4.79 Å². The summed E-state index contributed by atoms with van der Waals surface area (Å²) < 4.78 is 17.7. The molecule has 0 unspecified atom stereocenters. The highest BCUT2D eigenvalue weighted by Crippen LogP contribution is 2.25. The van der Waals surface area contributed by atoms with Crippen LogP contribution in [0.15, 0.2) is 59.8 Å². The molecule has 0 aliphatic rings. The summed E-state index contributed by atoms with van der Waals surface area (Å²) in [6.45, 7) is 2.30. The molecule has 0 amide bonds. The van der Waals surface area contributed by atoms with Crippen LogP contribution in [0.2, 0.25) is 0 Å². The van der Waals surface area contributed by atoms with Crippen LogP contribution in [0.5, 0.6) is 17.2 Å². The van der Waals surface area contributed by atoms with Crippen molar-refractivity contribution in [2.24, 2.45) is 0 Å². The van der Waals surface area contributed by atoms with Gasteiger partial charge in [-0.05, 0) is 55.0 Å². The molecule has 0 radical (unpaired) electrons. The van der Waals surface area contributed by atoms with Crippen molar-refractivity contribution >= 4 is 29.7 Å². The summed E-state index contributed by atoms with van der Waals surface area (Å²) >= 11 is 1.48. The zero-order chi connectivity index (χ0) is 23.6. The minimum absolute atomic E-state index is 0.131. The molecular formula is C24H26N4O4S. The Labute approximate surface area is 197 Å². The number of nitrogens with zero attached hydrogens (tertiary/aromatic N) is 3. The lowest BCUT2D eigenvalue weighted by Gasteiger charge is -2.07. The molecule has 0 aliphatic carbocycles. The highest BCUT2D eigenvalue weighted by Gasteiger charge is 2.06. The highest BCUT2D eigenvalue weighted by atomic mass is 32.2. The smallest absolute Gasteiger partial charge is 0.209 e. The Hall–Kier alpha value is -3.72. The fourth-order valence-corrected chi connectivity index (χ4v) is 3.50. The number of ether oxygens (including phenoxy) is 3. The lowest BCUT2D eigenvalue weighted by Crippen LogP contribution is -2.12. The van der Waals surface area contributed by atoms with E-state index in [2.05, 4.69) is 10.2 Å². The molecule has 172 valence electrons. The summed E-state index contributed by atoms with van der Waals surface area (Å²) in [5.41, 5.74) is 1.69. The highest BCUT2D eigenvalue weighted by molar-refractivity contribution is 7.99. The molecule has 2 N–H and O–H groups in total. The van der Waals surface area contributed by atoms with Crippen LogP contribution in [0.1, 0.15) is 17.0 Å². The Morgan fingerprint density at radius 2 is 1.76 bits per heavy atom. The first-order valence-corrected chi connectivity index (χ1v) is 11.1. The maximum atomic E-state index is 12.2. The Kier molecular flexibility index (Phi) is 8.54. The molecular weight excluding hydrogens is 440 g/mol. The molecule has 0 aliphatic heterocycles. The summed E-state index contributed by atoms with van der Waals surface area (Å²) in [4.78, 5) is 12.2. The van der Waals surface area contributed by atoms with Gasteiger partial charge in [-0.2, -0.15) is 0 Å². The number of carbonyl (C=O) groups is 1. The van der Waals surface area contributed by atoms with Gasteiger partial charge < -0.3 is 20.1 Å². The second-order valence-electron chi connectivity index (χ2n) is 6.84. The lowest BCUT2D eigenvalue weighted by molar-refractivity contribution is -0.110. The largest absolute Gasteiger partial charge is 0.497 e. The van der Waals surface area contributed by atoms with Crippen LogP contribution < -0.4 is 20.1 Å². The summed E-state index contributed by atoms with van der Waals surface area (Å²) in [5, 5.41) is 8.56. The predicted molar refractivity (Wildman–Crippen MR) is 130 cm³/mol. The van der Waals surface area contributed by atoms with Crippen molar-refractivity contribution < 1.29 is 19.0 Å². The number of rotatable bonds is 11. The van der Waals surface area contributed by atoms with Crippen LogP contribution in [0.4, 0.5) is 0 Å². The molecule has 3 rings (SSSR count). The minimum Gasteiger partial charge on any atom is -0.497 e. The van der Waals surface area contributed by atoms with Crippen LogP contribution in [0.3, 0.4) is 0 Å². The van der Waals surface area contributed by atoms with Crippen LogP contribution in [0.25, 0.3) is 12.2 Å². The third-order valence-corrected chi connectivity index (χ3v) is 5.51. The molecule has 0 saturated carbocycles. The molecule has 0 spiro atoms. The third-order valence-electron chi connectivity index (χ3n) is 4.61. The van der Waals surface area contributed by atoms with Crippen molar-refractivity contribution in [1.29, 1.82) is 0 Å². The van der Waals surface area contributed by atoms with Gasteiger partial charge in [0.2, 0.25) is 5.16 Å². The second-order valence-corrected chi connectivity index (χ2v) is 7.90. The molecule has 0 bridgehead atoms. The molecule has 9 heteroatoms. The van der Waals surface area contributed by atoms with Gasteiger partial charge in [0.05, 0.1) is 20.8 Å². The first kappa shape index (κ1) is 23.9. The molecule has 0 saturated heterocycles. The van der Waals surface area contributed by atoms with Gasteiger partial charge in [-0.25, -0.2) is 4.68 Å². The van der Waals surface area contributed by atoms with E-state index in [1.54, 1.807) is 39.4 Å². The van der Waals surface area contributed by atoms with Crippen LogP contribution in [-0.4, -0.2) is 47.2 Å². The zero-order valence-electron chi connectivity index (χ0n) is 18.7. The first-order chi connectivity index (χ1) is 16.0. The van der Waals surface area contributed by atoms with E-state index in [9.17, 15) is 4.79 Å². The molecule has 0 atom stereocenters. The van der Waals surface area contributed by atoms with E-state index in [-0.39, 0.29) is 5.78 Å². The third kappa shape index (κ3) is 6.88. The number of carbonyl (C=O) groups excluding carboxylic acids is 1. The second kappa shape index (κ2) is 11.8. The fourth-order valence-electron chi connectivity index (χ4n) is 2.78. The Morgan fingerprint density at radius 3 is 2.42 bits per heavy atom. The van der Waals surface area contributed by atoms with E-state index < -0.39 is 0 Å². The van der Waals surface area contributed by atoms with Crippen LogP contribution in [0, 0.1) is 6.92 Å². The Morgan fingerprint density at radius 1 is 1.03 bits per heavy atom. The maximum Gasteiger partial charge on any atom is 0.209 e. The Balaban J connectivity index is 1.47. The van der Waals surface area contributed by atoms with Gasteiger partial charge in [0, 0.05) is 17.4 Å². The maximum absolute atomic E-state index is 12.2. The summed E-state index contributed by atoms with van der Waals surface area (Å²) in [6.07, 6.45) is 6.49. The molecule has 33 heavy (non-hydrogen) atoms. The molecule has 3 aromatic rings. The minimum atomic E-state index is -0.131. The number of benzene rings is 2. The summed E-state index contributed by atoms with van der Waals surface area (Å²) in [7, 11) is 3.17. The first-order valence-electron chi connectivity index (χ1n) is 10.1. The molecule has 1 heterocycles. The number of thioether (sulfide) groups is 1. The Bertz CT molecular complexity index is 1140. The van der Waals surface area contributed by atoms with Gasteiger partial charge in [0.1, 0.15) is 23.1 Å². The lowest BCUT2D eigenvalue weighted by atomic mass is 10.1. The number of ketones is 1. The van der Waals surface area contributed by atoms with E-state index in [0.29, 0.717) is 34.8 Å². The summed E-state index contributed by atoms with van der Waals surface area (Å²) in [5.74, 6) is 9.12. The van der Waals surface area contributed by atoms with Gasteiger partial charge in [-0.15, -0.1) is 10.2 Å². The standard InChI is InChI=1S/C24H26N4O4S/c1-17-26-27-24(28(17)25)33-15-14-32-21-11-5-18(6-12-21)4-9-20(29)10-7-19-8-13-22(30-2)16-23(19)31-3/h4-13,16H,14-15,25H2,1-3H3. The van der Waals surface area contributed by atoms with E-state index in [0.717, 1.165) is 16.9 Å². The average molecular weight is 467 g/mol. The number of methoxy groups -OCH3 is 2. The van der Waals surface area contributed by atoms with Crippen molar-refractivity contribution in [2.75, 3.05) is 32.4 Å². The number of aryl methyl sites for hydroxylation is 1. The molecule has 0 fully saturated rings. The molecule has 1 aromatic heterocycles. The van der Waals surface area contributed by atoms with E-state index >= 15 is 0 Å². The SMILES string of the molecule is COc1ccc(C=CC(=O)C=Cc2ccc(OCCSc3nnc(C)n3N)cc2)c(OC)c1. The molecule has 8 nitrogen and oxygen atoms in total. The number of hydrogen-bond acceptors (Lipinski definition) is 8. The number of nitrogens with two attached hydrogens (primary N) is 1. The van der Waals surface area contributed by atoms with Crippen LogP contribution >= 0.6 is 11.8 Å². The van der Waals surface area contributed by atoms with E-state index in [1.165, 1.54) is 28.6 Å². The van der Waals surface area contributed by atoms with E-state index in [4.69, 9.17) is 20.1 Å². The normalized spacial score (nSPS) is 11.2. The van der Waals surface area contributed by atoms with Gasteiger partial charge in [-0.1, -0.05) is 30.0 Å². The fraction of sp³-hybridized carbons (Fsp3) is 0.208. The summed E-state index contributed by atoms with van der Waals surface area (Å²) in [6, 6.07) is 12.9.